The van der Waals surface area contributed by atoms with Gasteiger partial charge in [0.05, 0.1) is 7.11 Å². The van der Waals surface area contributed by atoms with Gasteiger partial charge in [-0.25, -0.2) is 4.98 Å². The lowest BCUT2D eigenvalue weighted by atomic mass is 10.1. The molecule has 0 atom stereocenters. The van der Waals surface area contributed by atoms with Gasteiger partial charge < -0.3 is 10.1 Å². The van der Waals surface area contributed by atoms with Crippen LogP contribution in [-0.2, 0) is 11.2 Å². The molecule has 1 aliphatic rings. The van der Waals surface area contributed by atoms with Crippen LogP contribution in [0.2, 0.25) is 0 Å². The van der Waals surface area contributed by atoms with E-state index in [1.807, 2.05) is 6.07 Å². The van der Waals surface area contributed by atoms with Crippen LogP contribution in [0.25, 0.3) is 0 Å². The SMILES string of the molecule is COc1ccc(CC2=NC(C)(C)C(=O)N2)cn1. The van der Waals surface area contributed by atoms with Gasteiger partial charge >= 0.3 is 0 Å². The van der Waals surface area contributed by atoms with Gasteiger partial charge in [0.25, 0.3) is 5.91 Å². The van der Waals surface area contributed by atoms with Crippen LogP contribution in [0.4, 0.5) is 0 Å². The number of pyridine rings is 1. The summed E-state index contributed by atoms with van der Waals surface area (Å²) in [6.45, 7) is 3.59. The van der Waals surface area contributed by atoms with Gasteiger partial charge in [0.1, 0.15) is 11.4 Å². The Morgan fingerprint density at radius 1 is 1.41 bits per heavy atom. The number of hydrogen-bond donors (Lipinski definition) is 1. The highest BCUT2D eigenvalue weighted by Gasteiger charge is 2.33. The maximum absolute atomic E-state index is 11.5. The van der Waals surface area contributed by atoms with Gasteiger partial charge in [0.2, 0.25) is 5.88 Å². The lowest BCUT2D eigenvalue weighted by Crippen LogP contribution is -2.34. The number of aliphatic imine (C=N–C) groups is 1. The van der Waals surface area contributed by atoms with Crippen molar-refractivity contribution in [3.8, 4) is 5.88 Å². The third kappa shape index (κ3) is 2.43. The molecule has 0 fully saturated rings. The number of amidine groups is 1. The van der Waals surface area contributed by atoms with Gasteiger partial charge in [0, 0.05) is 18.7 Å². The first-order valence-corrected chi connectivity index (χ1v) is 5.40. The van der Waals surface area contributed by atoms with Crippen molar-refractivity contribution in [3.05, 3.63) is 23.9 Å². The predicted molar refractivity (Wildman–Crippen MR) is 64.1 cm³/mol. The zero-order valence-corrected chi connectivity index (χ0v) is 10.2. The van der Waals surface area contributed by atoms with Crippen molar-refractivity contribution >= 4 is 11.7 Å². The average molecular weight is 233 g/mol. The van der Waals surface area contributed by atoms with Crippen molar-refractivity contribution in [1.29, 1.82) is 0 Å². The van der Waals surface area contributed by atoms with Crippen LogP contribution < -0.4 is 10.1 Å². The van der Waals surface area contributed by atoms with E-state index >= 15 is 0 Å². The van der Waals surface area contributed by atoms with Gasteiger partial charge in [0.15, 0.2) is 0 Å². The minimum atomic E-state index is -0.658. The van der Waals surface area contributed by atoms with E-state index in [0.717, 1.165) is 5.56 Å². The fraction of sp³-hybridized carbons (Fsp3) is 0.417. The van der Waals surface area contributed by atoms with Crippen LogP contribution in [-0.4, -0.2) is 29.4 Å². The summed E-state index contributed by atoms with van der Waals surface area (Å²) in [5, 5.41) is 2.77. The first-order valence-electron chi connectivity index (χ1n) is 5.40. The van der Waals surface area contributed by atoms with Crippen LogP contribution in [0, 0.1) is 0 Å². The van der Waals surface area contributed by atoms with E-state index in [0.29, 0.717) is 18.1 Å². The summed E-state index contributed by atoms with van der Waals surface area (Å²) in [6, 6.07) is 3.70. The number of methoxy groups -OCH3 is 1. The molecule has 1 amide bonds. The third-order valence-electron chi connectivity index (χ3n) is 2.61. The molecular formula is C12H15N3O2. The van der Waals surface area contributed by atoms with E-state index in [-0.39, 0.29) is 5.91 Å². The molecule has 0 aromatic carbocycles. The second-order valence-electron chi connectivity index (χ2n) is 4.46. The molecule has 0 saturated heterocycles. The normalized spacial score (nSPS) is 17.6. The van der Waals surface area contributed by atoms with Crippen molar-refractivity contribution in [2.24, 2.45) is 4.99 Å². The molecule has 90 valence electrons. The largest absolute Gasteiger partial charge is 0.481 e. The zero-order chi connectivity index (χ0) is 12.5. The van der Waals surface area contributed by atoms with Gasteiger partial charge in [-0.2, -0.15) is 0 Å². The van der Waals surface area contributed by atoms with E-state index in [2.05, 4.69) is 15.3 Å². The summed E-state index contributed by atoms with van der Waals surface area (Å²) in [4.78, 5) is 20.0. The molecule has 0 saturated carbocycles. The highest BCUT2D eigenvalue weighted by molar-refractivity contribution is 6.08. The lowest BCUT2D eigenvalue weighted by Gasteiger charge is -2.07. The molecule has 1 N–H and O–H groups in total. The number of aromatic nitrogens is 1. The van der Waals surface area contributed by atoms with E-state index in [1.54, 1.807) is 33.2 Å². The zero-order valence-electron chi connectivity index (χ0n) is 10.2. The van der Waals surface area contributed by atoms with E-state index < -0.39 is 5.54 Å². The van der Waals surface area contributed by atoms with E-state index in [1.165, 1.54) is 0 Å². The first-order chi connectivity index (χ1) is 8.01. The molecule has 5 nitrogen and oxygen atoms in total. The molecule has 0 unspecified atom stereocenters. The topological polar surface area (TPSA) is 63.6 Å². The fourth-order valence-electron chi connectivity index (χ4n) is 1.61. The monoisotopic (exact) mass is 233 g/mol. The quantitative estimate of drug-likeness (QED) is 0.845. The second kappa shape index (κ2) is 4.16. The molecule has 0 spiro atoms. The Bertz CT molecular complexity index is 463. The molecule has 17 heavy (non-hydrogen) atoms. The first kappa shape index (κ1) is 11.6. The Morgan fingerprint density at radius 3 is 2.65 bits per heavy atom. The number of hydrogen-bond acceptors (Lipinski definition) is 4. The summed E-state index contributed by atoms with van der Waals surface area (Å²) >= 11 is 0. The van der Waals surface area contributed by atoms with Crippen LogP contribution in [0.3, 0.4) is 0 Å². The van der Waals surface area contributed by atoms with Gasteiger partial charge in [-0.05, 0) is 19.4 Å². The van der Waals surface area contributed by atoms with E-state index in [9.17, 15) is 4.79 Å². The van der Waals surface area contributed by atoms with Crippen LogP contribution in [0.5, 0.6) is 5.88 Å². The van der Waals surface area contributed by atoms with Gasteiger partial charge in [-0.1, -0.05) is 6.07 Å². The molecule has 2 rings (SSSR count). The number of carbonyl (C=O) groups is 1. The highest BCUT2D eigenvalue weighted by atomic mass is 16.5. The number of ether oxygens (including phenoxy) is 1. The Morgan fingerprint density at radius 2 is 2.18 bits per heavy atom. The standard InChI is InChI=1S/C12H15N3O2/c1-12(2)11(16)14-9(15-12)6-8-4-5-10(17-3)13-7-8/h4-5,7H,6H2,1-3H3,(H,14,15,16). The van der Waals surface area contributed by atoms with Crippen molar-refractivity contribution in [2.75, 3.05) is 7.11 Å². The minimum absolute atomic E-state index is 0.0611. The Balaban J connectivity index is 2.09. The van der Waals surface area contributed by atoms with Crippen molar-refractivity contribution in [2.45, 2.75) is 25.8 Å². The maximum atomic E-state index is 11.5. The number of carbonyl (C=O) groups excluding carboxylic acids is 1. The molecule has 2 heterocycles. The highest BCUT2D eigenvalue weighted by Crippen LogP contribution is 2.16. The van der Waals surface area contributed by atoms with Gasteiger partial charge in [-0.3, -0.25) is 9.79 Å². The molecule has 1 aromatic rings. The summed E-state index contributed by atoms with van der Waals surface area (Å²) < 4.78 is 4.98. The molecule has 0 bridgehead atoms. The predicted octanol–water partition coefficient (Wildman–Crippen LogP) is 0.940. The molecular weight excluding hydrogens is 218 g/mol. The van der Waals surface area contributed by atoms with Crippen molar-refractivity contribution in [3.63, 3.8) is 0 Å². The Kier molecular flexibility index (Phi) is 2.83. The summed E-state index contributed by atoms with van der Waals surface area (Å²) in [6.07, 6.45) is 2.30. The molecule has 1 aliphatic heterocycles. The van der Waals surface area contributed by atoms with Crippen LogP contribution in [0.1, 0.15) is 19.4 Å². The number of amides is 1. The van der Waals surface area contributed by atoms with Crippen LogP contribution in [0.15, 0.2) is 23.3 Å². The summed E-state index contributed by atoms with van der Waals surface area (Å²) in [7, 11) is 1.58. The van der Waals surface area contributed by atoms with Crippen LogP contribution >= 0.6 is 0 Å². The fourth-order valence-corrected chi connectivity index (χ4v) is 1.61. The van der Waals surface area contributed by atoms with Crippen molar-refractivity contribution < 1.29 is 9.53 Å². The second-order valence-corrected chi connectivity index (χ2v) is 4.46. The van der Waals surface area contributed by atoms with Gasteiger partial charge in [-0.15, -0.1) is 0 Å². The third-order valence-corrected chi connectivity index (χ3v) is 2.61. The molecule has 0 radical (unpaired) electrons. The van der Waals surface area contributed by atoms with E-state index in [4.69, 9.17) is 4.74 Å². The minimum Gasteiger partial charge on any atom is -0.481 e. The molecule has 1 aromatic heterocycles. The molecule has 0 aliphatic carbocycles. The van der Waals surface area contributed by atoms with Crippen molar-refractivity contribution in [1.82, 2.24) is 10.3 Å². The summed E-state index contributed by atoms with van der Waals surface area (Å²) in [5.41, 5.74) is 0.331. The average Bonchev–Trinajstić information content (AvgIpc) is 2.53. The lowest BCUT2D eigenvalue weighted by molar-refractivity contribution is -0.122. The number of rotatable bonds is 3. The Hall–Kier alpha value is -1.91. The molecule has 5 heteroatoms. The Labute approximate surface area is 99.9 Å². The number of nitrogens with zero attached hydrogens (tertiary/aromatic N) is 2. The maximum Gasteiger partial charge on any atom is 0.252 e. The smallest absolute Gasteiger partial charge is 0.252 e. The number of nitrogens with one attached hydrogen (secondary N) is 1. The summed E-state index contributed by atoms with van der Waals surface area (Å²) in [5.74, 6) is 1.20.